The molecule has 2 amide bonds. The number of likely N-dealkylation sites (tertiary alicyclic amines) is 1. The van der Waals surface area contributed by atoms with E-state index in [1.54, 1.807) is 24.3 Å². The number of piperidine rings is 1. The van der Waals surface area contributed by atoms with Crippen LogP contribution in [-0.2, 0) is 0 Å². The SMILES string of the molecule is CNC1(C)CCN(CN2C(=O)c3ccccc3C2=O)CC1. The zero-order valence-electron chi connectivity index (χ0n) is 12.6. The average Bonchev–Trinajstić information content (AvgIpc) is 2.75. The van der Waals surface area contributed by atoms with Gasteiger partial charge in [-0.25, -0.2) is 0 Å². The van der Waals surface area contributed by atoms with Crippen molar-refractivity contribution in [2.24, 2.45) is 0 Å². The average molecular weight is 287 g/mol. The molecule has 5 heteroatoms. The van der Waals surface area contributed by atoms with Gasteiger partial charge in [0.05, 0.1) is 17.8 Å². The molecule has 3 rings (SSSR count). The van der Waals surface area contributed by atoms with Crippen molar-refractivity contribution in [3.05, 3.63) is 35.4 Å². The van der Waals surface area contributed by atoms with Crippen molar-refractivity contribution in [1.82, 2.24) is 15.1 Å². The molecule has 0 bridgehead atoms. The molecular weight excluding hydrogens is 266 g/mol. The number of nitrogens with one attached hydrogen (secondary N) is 1. The van der Waals surface area contributed by atoms with Crippen LogP contribution in [0.25, 0.3) is 0 Å². The van der Waals surface area contributed by atoms with E-state index in [0.717, 1.165) is 25.9 Å². The molecule has 2 aliphatic heterocycles. The maximum absolute atomic E-state index is 12.3. The fourth-order valence-corrected chi connectivity index (χ4v) is 3.01. The first-order chi connectivity index (χ1) is 10.0. The molecule has 1 N–H and O–H groups in total. The normalized spacial score (nSPS) is 21.7. The predicted molar refractivity (Wildman–Crippen MR) is 80.1 cm³/mol. The summed E-state index contributed by atoms with van der Waals surface area (Å²) < 4.78 is 0. The molecule has 2 heterocycles. The minimum absolute atomic E-state index is 0.165. The van der Waals surface area contributed by atoms with Crippen LogP contribution in [0.4, 0.5) is 0 Å². The van der Waals surface area contributed by atoms with Crippen LogP contribution in [0.5, 0.6) is 0 Å². The van der Waals surface area contributed by atoms with E-state index in [1.165, 1.54) is 4.90 Å². The molecule has 0 aliphatic carbocycles. The highest BCUT2D eigenvalue weighted by Crippen LogP contribution is 2.25. The summed E-state index contributed by atoms with van der Waals surface area (Å²) in [6.45, 7) is 4.40. The lowest BCUT2D eigenvalue weighted by atomic mass is 9.90. The molecule has 1 aromatic carbocycles. The Balaban J connectivity index is 1.68. The van der Waals surface area contributed by atoms with E-state index in [1.807, 2.05) is 7.05 Å². The number of hydrogen-bond donors (Lipinski definition) is 1. The molecule has 0 saturated carbocycles. The number of imide groups is 1. The van der Waals surface area contributed by atoms with E-state index in [2.05, 4.69) is 17.1 Å². The fourth-order valence-electron chi connectivity index (χ4n) is 3.01. The van der Waals surface area contributed by atoms with Crippen LogP contribution in [0.15, 0.2) is 24.3 Å². The maximum atomic E-state index is 12.3. The third kappa shape index (κ3) is 2.47. The molecule has 21 heavy (non-hydrogen) atoms. The Morgan fingerprint density at radius 3 is 2.10 bits per heavy atom. The quantitative estimate of drug-likeness (QED) is 0.852. The van der Waals surface area contributed by atoms with E-state index >= 15 is 0 Å². The highest BCUT2D eigenvalue weighted by molar-refractivity contribution is 6.21. The molecule has 1 aromatic rings. The third-order valence-electron chi connectivity index (χ3n) is 4.78. The van der Waals surface area contributed by atoms with Gasteiger partial charge in [-0.1, -0.05) is 12.1 Å². The van der Waals surface area contributed by atoms with Crippen molar-refractivity contribution in [3.63, 3.8) is 0 Å². The Kier molecular flexibility index (Phi) is 3.55. The summed E-state index contributed by atoms with van der Waals surface area (Å²) in [7, 11) is 1.99. The third-order valence-corrected chi connectivity index (χ3v) is 4.78. The number of hydrogen-bond acceptors (Lipinski definition) is 4. The van der Waals surface area contributed by atoms with Crippen molar-refractivity contribution < 1.29 is 9.59 Å². The van der Waals surface area contributed by atoms with Crippen LogP contribution in [0.3, 0.4) is 0 Å². The molecule has 1 fully saturated rings. The number of carbonyl (C=O) groups excluding carboxylic acids is 2. The maximum Gasteiger partial charge on any atom is 0.262 e. The minimum Gasteiger partial charge on any atom is -0.314 e. The predicted octanol–water partition coefficient (Wildman–Crippen LogP) is 1.31. The fraction of sp³-hybridized carbons (Fsp3) is 0.500. The van der Waals surface area contributed by atoms with Crippen molar-refractivity contribution in [1.29, 1.82) is 0 Å². The Labute approximate surface area is 124 Å². The highest BCUT2D eigenvalue weighted by Gasteiger charge is 2.37. The molecule has 0 unspecified atom stereocenters. The van der Waals surface area contributed by atoms with Gasteiger partial charge in [0.2, 0.25) is 0 Å². The number of carbonyl (C=O) groups is 2. The van der Waals surface area contributed by atoms with Crippen molar-refractivity contribution >= 4 is 11.8 Å². The number of nitrogens with zero attached hydrogens (tertiary/aromatic N) is 2. The van der Waals surface area contributed by atoms with Gasteiger partial charge >= 0.3 is 0 Å². The lowest BCUT2D eigenvalue weighted by Gasteiger charge is -2.40. The van der Waals surface area contributed by atoms with Crippen molar-refractivity contribution in [2.75, 3.05) is 26.8 Å². The molecule has 2 aliphatic rings. The molecule has 0 radical (unpaired) electrons. The van der Waals surface area contributed by atoms with Gasteiger partial charge in [-0.15, -0.1) is 0 Å². The van der Waals surface area contributed by atoms with Gasteiger partial charge in [0, 0.05) is 18.6 Å². The van der Waals surface area contributed by atoms with E-state index in [4.69, 9.17) is 0 Å². The lowest BCUT2D eigenvalue weighted by molar-refractivity contribution is 0.0474. The Hall–Kier alpha value is -1.72. The van der Waals surface area contributed by atoms with E-state index in [0.29, 0.717) is 17.8 Å². The Morgan fingerprint density at radius 1 is 1.10 bits per heavy atom. The van der Waals surface area contributed by atoms with Crippen LogP contribution in [-0.4, -0.2) is 54.0 Å². The minimum atomic E-state index is -0.169. The zero-order chi connectivity index (χ0) is 15.0. The lowest BCUT2D eigenvalue weighted by Crippen LogP contribution is -2.52. The van der Waals surface area contributed by atoms with Crippen LogP contribution >= 0.6 is 0 Å². The smallest absolute Gasteiger partial charge is 0.262 e. The Morgan fingerprint density at radius 2 is 1.62 bits per heavy atom. The van der Waals surface area contributed by atoms with Crippen LogP contribution in [0.1, 0.15) is 40.5 Å². The summed E-state index contributed by atoms with van der Waals surface area (Å²) in [6.07, 6.45) is 2.04. The summed E-state index contributed by atoms with van der Waals surface area (Å²) >= 11 is 0. The van der Waals surface area contributed by atoms with E-state index < -0.39 is 0 Å². The summed E-state index contributed by atoms with van der Waals surface area (Å²) in [5.74, 6) is -0.338. The summed E-state index contributed by atoms with van der Waals surface area (Å²) in [6, 6.07) is 7.05. The largest absolute Gasteiger partial charge is 0.314 e. The second kappa shape index (κ2) is 5.24. The zero-order valence-corrected chi connectivity index (χ0v) is 12.6. The van der Waals surface area contributed by atoms with Crippen LogP contribution in [0, 0.1) is 0 Å². The van der Waals surface area contributed by atoms with E-state index in [-0.39, 0.29) is 17.4 Å². The van der Waals surface area contributed by atoms with Gasteiger partial charge in [-0.3, -0.25) is 19.4 Å². The second-order valence-electron chi connectivity index (χ2n) is 6.15. The molecule has 0 aromatic heterocycles. The molecule has 112 valence electrons. The number of benzene rings is 1. The molecule has 0 spiro atoms. The molecule has 5 nitrogen and oxygen atoms in total. The number of fused-ring (bicyclic) bond motifs is 1. The first-order valence-corrected chi connectivity index (χ1v) is 7.40. The molecule has 1 saturated heterocycles. The molecule has 0 atom stereocenters. The number of rotatable bonds is 3. The van der Waals surface area contributed by atoms with Crippen LogP contribution in [0.2, 0.25) is 0 Å². The first-order valence-electron chi connectivity index (χ1n) is 7.40. The Bertz CT molecular complexity index is 542. The van der Waals surface area contributed by atoms with Gasteiger partial charge in [0.1, 0.15) is 0 Å². The van der Waals surface area contributed by atoms with Gasteiger partial charge in [0.25, 0.3) is 11.8 Å². The van der Waals surface area contributed by atoms with Gasteiger partial charge in [-0.05, 0) is 38.9 Å². The van der Waals surface area contributed by atoms with Crippen LogP contribution < -0.4 is 5.32 Å². The number of amides is 2. The standard InChI is InChI=1S/C16H21N3O2/c1-16(17-2)7-9-18(10-8-16)11-19-14(20)12-5-3-4-6-13(12)15(19)21/h3-6,17H,7-11H2,1-2H3. The first kappa shape index (κ1) is 14.2. The van der Waals surface area contributed by atoms with Crippen molar-refractivity contribution in [3.8, 4) is 0 Å². The van der Waals surface area contributed by atoms with Gasteiger partial charge < -0.3 is 5.32 Å². The second-order valence-corrected chi connectivity index (χ2v) is 6.15. The highest BCUT2D eigenvalue weighted by atomic mass is 16.2. The summed E-state index contributed by atoms with van der Waals surface area (Å²) in [5, 5.41) is 3.35. The monoisotopic (exact) mass is 287 g/mol. The van der Waals surface area contributed by atoms with E-state index in [9.17, 15) is 9.59 Å². The molecular formula is C16H21N3O2. The topological polar surface area (TPSA) is 52.6 Å². The van der Waals surface area contributed by atoms with Gasteiger partial charge in [0.15, 0.2) is 0 Å². The van der Waals surface area contributed by atoms with Gasteiger partial charge in [-0.2, -0.15) is 0 Å². The summed E-state index contributed by atoms with van der Waals surface area (Å²) in [4.78, 5) is 28.2. The summed E-state index contributed by atoms with van der Waals surface area (Å²) in [5.41, 5.74) is 1.22. The van der Waals surface area contributed by atoms with Crippen molar-refractivity contribution in [2.45, 2.75) is 25.3 Å².